The topological polar surface area (TPSA) is 32.3 Å². The highest BCUT2D eigenvalue weighted by Gasteiger charge is 2.17. The van der Waals surface area contributed by atoms with Crippen LogP contribution in [0, 0.1) is 11.8 Å². The lowest BCUT2D eigenvalue weighted by molar-refractivity contribution is 0.275. The summed E-state index contributed by atoms with van der Waals surface area (Å²) >= 11 is 11.9. The fraction of sp³-hybridized carbons (Fsp3) is 0.625. The second-order valence-electron chi connectivity index (χ2n) is 5.99. The van der Waals surface area contributed by atoms with Gasteiger partial charge in [-0.2, -0.15) is 0 Å². The Morgan fingerprint density at radius 3 is 2.60 bits per heavy atom. The summed E-state index contributed by atoms with van der Waals surface area (Å²) in [7, 11) is 0. The Morgan fingerprint density at radius 1 is 1.20 bits per heavy atom. The van der Waals surface area contributed by atoms with E-state index < -0.39 is 0 Å². The Morgan fingerprint density at radius 2 is 1.90 bits per heavy atom. The van der Waals surface area contributed by atoms with Gasteiger partial charge in [0.05, 0.1) is 5.02 Å². The molecule has 0 saturated heterocycles. The Labute approximate surface area is 131 Å². The van der Waals surface area contributed by atoms with Crippen molar-refractivity contribution in [3.63, 3.8) is 0 Å². The Balaban J connectivity index is 1.73. The van der Waals surface area contributed by atoms with Crippen LogP contribution in [0.2, 0.25) is 10.0 Å². The highest BCUT2D eigenvalue weighted by atomic mass is 35.5. The zero-order chi connectivity index (χ0) is 14.5. The van der Waals surface area contributed by atoms with E-state index in [1.165, 1.54) is 32.1 Å². The van der Waals surface area contributed by atoms with Crippen LogP contribution < -0.4 is 5.32 Å². The lowest BCUT2D eigenvalue weighted by Crippen LogP contribution is -2.20. The number of phenolic OH excluding ortho intramolecular Hbond substituents is 1. The van der Waals surface area contributed by atoms with Crippen LogP contribution in [0.1, 0.15) is 44.6 Å². The highest BCUT2D eigenvalue weighted by molar-refractivity contribution is 6.35. The fourth-order valence-corrected chi connectivity index (χ4v) is 3.44. The van der Waals surface area contributed by atoms with Crippen LogP contribution in [0.25, 0.3) is 0 Å². The van der Waals surface area contributed by atoms with Crippen molar-refractivity contribution < 1.29 is 5.11 Å². The van der Waals surface area contributed by atoms with Crippen molar-refractivity contribution in [3.05, 3.63) is 27.7 Å². The number of benzene rings is 1. The SMILES string of the molecule is CC1CCC(CCNCc2cc(Cl)cc(Cl)c2O)CC1. The zero-order valence-corrected chi connectivity index (χ0v) is 13.5. The molecule has 1 aromatic carbocycles. The number of phenols is 1. The van der Waals surface area contributed by atoms with Crippen molar-refractivity contribution in [2.75, 3.05) is 6.54 Å². The van der Waals surface area contributed by atoms with Crippen LogP contribution in [0.4, 0.5) is 0 Å². The Kier molecular flexibility index (Phi) is 6.01. The quantitative estimate of drug-likeness (QED) is 0.749. The van der Waals surface area contributed by atoms with E-state index in [4.69, 9.17) is 23.2 Å². The summed E-state index contributed by atoms with van der Waals surface area (Å²) in [4.78, 5) is 0. The molecule has 1 fully saturated rings. The molecular weight excluding hydrogens is 293 g/mol. The van der Waals surface area contributed by atoms with Gasteiger partial charge in [-0.1, -0.05) is 55.8 Å². The van der Waals surface area contributed by atoms with E-state index in [9.17, 15) is 5.11 Å². The maximum atomic E-state index is 9.87. The first-order valence-corrected chi connectivity index (χ1v) is 8.19. The monoisotopic (exact) mass is 315 g/mol. The minimum Gasteiger partial charge on any atom is -0.506 e. The van der Waals surface area contributed by atoms with Gasteiger partial charge in [-0.05, 0) is 36.9 Å². The zero-order valence-electron chi connectivity index (χ0n) is 12.0. The predicted molar refractivity (Wildman–Crippen MR) is 85.6 cm³/mol. The largest absolute Gasteiger partial charge is 0.506 e. The summed E-state index contributed by atoms with van der Waals surface area (Å²) in [6.07, 6.45) is 6.67. The number of halogens is 2. The van der Waals surface area contributed by atoms with Gasteiger partial charge >= 0.3 is 0 Å². The molecule has 2 rings (SSSR count). The van der Waals surface area contributed by atoms with Gasteiger partial charge in [0.15, 0.2) is 0 Å². The van der Waals surface area contributed by atoms with Crippen LogP contribution in [-0.2, 0) is 6.54 Å². The summed E-state index contributed by atoms with van der Waals surface area (Å²) in [5.41, 5.74) is 0.764. The Hall–Kier alpha value is -0.440. The van der Waals surface area contributed by atoms with E-state index >= 15 is 0 Å². The van der Waals surface area contributed by atoms with Gasteiger partial charge in [0, 0.05) is 17.1 Å². The molecule has 20 heavy (non-hydrogen) atoms. The number of hydrogen-bond donors (Lipinski definition) is 2. The van der Waals surface area contributed by atoms with Crippen LogP contribution >= 0.6 is 23.2 Å². The lowest BCUT2D eigenvalue weighted by Gasteiger charge is -2.26. The summed E-state index contributed by atoms with van der Waals surface area (Å²) in [6, 6.07) is 3.32. The molecule has 1 aliphatic rings. The molecule has 0 bridgehead atoms. The standard InChI is InChI=1S/C16H23Cl2NO/c1-11-2-4-12(5-3-11)6-7-19-10-13-8-14(17)9-15(18)16(13)20/h8-9,11-12,19-20H,2-7,10H2,1H3. The molecule has 0 amide bonds. The van der Waals surface area contributed by atoms with Crippen molar-refractivity contribution in [1.29, 1.82) is 0 Å². The summed E-state index contributed by atoms with van der Waals surface area (Å²) < 4.78 is 0. The molecule has 0 aromatic heterocycles. The summed E-state index contributed by atoms with van der Waals surface area (Å²) in [5.74, 6) is 1.90. The molecule has 1 aromatic rings. The van der Waals surface area contributed by atoms with Gasteiger partial charge in [-0.25, -0.2) is 0 Å². The molecule has 0 atom stereocenters. The molecule has 4 heteroatoms. The maximum absolute atomic E-state index is 9.87. The molecule has 112 valence electrons. The second-order valence-corrected chi connectivity index (χ2v) is 6.83. The minimum absolute atomic E-state index is 0.134. The molecule has 0 radical (unpaired) electrons. The van der Waals surface area contributed by atoms with E-state index in [0.717, 1.165) is 23.9 Å². The third-order valence-electron chi connectivity index (χ3n) is 4.29. The average Bonchev–Trinajstić information content (AvgIpc) is 2.42. The van der Waals surface area contributed by atoms with E-state index in [-0.39, 0.29) is 5.75 Å². The average molecular weight is 316 g/mol. The van der Waals surface area contributed by atoms with Crippen LogP contribution in [0.15, 0.2) is 12.1 Å². The fourth-order valence-electron chi connectivity index (χ4n) is 2.90. The van der Waals surface area contributed by atoms with E-state index in [2.05, 4.69) is 12.2 Å². The molecule has 2 nitrogen and oxygen atoms in total. The smallest absolute Gasteiger partial charge is 0.138 e. The van der Waals surface area contributed by atoms with Crippen molar-refractivity contribution in [3.8, 4) is 5.75 Å². The number of rotatable bonds is 5. The van der Waals surface area contributed by atoms with Gasteiger partial charge in [0.2, 0.25) is 0 Å². The Bertz CT molecular complexity index is 442. The molecule has 0 heterocycles. The molecule has 1 aliphatic carbocycles. The van der Waals surface area contributed by atoms with Crippen LogP contribution in [-0.4, -0.2) is 11.7 Å². The van der Waals surface area contributed by atoms with Crippen molar-refractivity contribution in [1.82, 2.24) is 5.32 Å². The van der Waals surface area contributed by atoms with E-state index in [1.807, 2.05) is 0 Å². The normalized spacial score (nSPS) is 22.9. The van der Waals surface area contributed by atoms with E-state index in [0.29, 0.717) is 16.6 Å². The number of hydrogen-bond acceptors (Lipinski definition) is 2. The van der Waals surface area contributed by atoms with Crippen molar-refractivity contribution in [2.45, 2.75) is 45.6 Å². The highest BCUT2D eigenvalue weighted by Crippen LogP contribution is 2.32. The first-order chi connectivity index (χ1) is 9.56. The third-order valence-corrected chi connectivity index (χ3v) is 4.79. The van der Waals surface area contributed by atoms with Gasteiger partial charge in [0.1, 0.15) is 5.75 Å². The molecule has 2 N–H and O–H groups in total. The lowest BCUT2D eigenvalue weighted by atomic mass is 9.81. The first-order valence-electron chi connectivity index (χ1n) is 7.44. The van der Waals surface area contributed by atoms with Crippen LogP contribution in [0.5, 0.6) is 5.75 Å². The van der Waals surface area contributed by atoms with Gasteiger partial charge in [0.25, 0.3) is 0 Å². The summed E-state index contributed by atoms with van der Waals surface area (Å²) in [6.45, 7) is 3.93. The predicted octanol–water partition coefficient (Wildman–Crippen LogP) is 5.01. The van der Waals surface area contributed by atoms with Crippen molar-refractivity contribution >= 4 is 23.2 Å². The number of aromatic hydroxyl groups is 1. The first kappa shape index (κ1) is 15.9. The minimum atomic E-state index is 0.134. The van der Waals surface area contributed by atoms with Crippen molar-refractivity contribution in [2.24, 2.45) is 11.8 Å². The summed E-state index contributed by atoms with van der Waals surface area (Å²) in [5, 5.41) is 14.1. The van der Waals surface area contributed by atoms with Gasteiger partial charge < -0.3 is 10.4 Å². The molecule has 0 spiro atoms. The third kappa shape index (κ3) is 4.54. The molecule has 0 unspecified atom stereocenters. The van der Waals surface area contributed by atoms with Gasteiger partial charge in [-0.15, -0.1) is 0 Å². The molecule has 0 aliphatic heterocycles. The second kappa shape index (κ2) is 7.53. The molecule has 1 saturated carbocycles. The number of nitrogens with one attached hydrogen (secondary N) is 1. The van der Waals surface area contributed by atoms with E-state index in [1.54, 1.807) is 12.1 Å². The van der Waals surface area contributed by atoms with Crippen LogP contribution in [0.3, 0.4) is 0 Å². The van der Waals surface area contributed by atoms with Gasteiger partial charge in [-0.3, -0.25) is 0 Å². The molecular formula is C16H23Cl2NO. The maximum Gasteiger partial charge on any atom is 0.138 e.